The van der Waals surface area contributed by atoms with Crippen molar-refractivity contribution in [1.29, 1.82) is 5.26 Å². The number of nitrogens with zero attached hydrogens (tertiary/aromatic N) is 3. The van der Waals surface area contributed by atoms with Gasteiger partial charge in [0.2, 0.25) is 5.88 Å². The van der Waals surface area contributed by atoms with Crippen molar-refractivity contribution in [2.75, 3.05) is 30.5 Å². The highest BCUT2D eigenvalue weighted by Crippen LogP contribution is 2.52. The van der Waals surface area contributed by atoms with Crippen LogP contribution in [0.1, 0.15) is 49.3 Å². The average Bonchev–Trinajstić information content (AvgIpc) is 2.65. The van der Waals surface area contributed by atoms with Gasteiger partial charge in [0.25, 0.3) is 0 Å². The fourth-order valence-corrected chi connectivity index (χ4v) is 4.34. The molecule has 2 heterocycles. The lowest BCUT2D eigenvalue weighted by Crippen LogP contribution is -2.33. The number of nitrogens with two attached hydrogens (primary N) is 2. The van der Waals surface area contributed by atoms with Crippen molar-refractivity contribution in [2.24, 2.45) is 5.41 Å². The van der Waals surface area contributed by atoms with Crippen molar-refractivity contribution in [3.05, 3.63) is 52.3 Å². The monoisotopic (exact) mass is 403 g/mol. The second kappa shape index (κ2) is 6.77. The summed E-state index contributed by atoms with van der Waals surface area (Å²) in [4.78, 5) is 19.6. The van der Waals surface area contributed by atoms with Crippen molar-refractivity contribution in [3.63, 3.8) is 0 Å². The lowest BCUT2D eigenvalue weighted by atomic mass is 9.70. The van der Waals surface area contributed by atoms with Crippen molar-refractivity contribution < 1.29 is 9.53 Å². The molecule has 154 valence electrons. The molecule has 4 N–H and O–H groups in total. The Kier molecular flexibility index (Phi) is 4.46. The number of carbonyl (C=O) groups is 1. The smallest absolute Gasteiger partial charge is 0.227 e. The normalized spacial score (nSPS) is 19.4. The van der Waals surface area contributed by atoms with Crippen molar-refractivity contribution in [3.8, 4) is 11.9 Å². The molecule has 1 aliphatic heterocycles. The van der Waals surface area contributed by atoms with Gasteiger partial charge in [-0.15, -0.1) is 0 Å². The van der Waals surface area contributed by atoms with Crippen LogP contribution in [-0.2, 0) is 4.79 Å². The number of allylic oxidation sites excluding steroid dienone is 2. The molecule has 0 saturated carbocycles. The zero-order valence-corrected chi connectivity index (χ0v) is 17.6. The van der Waals surface area contributed by atoms with Crippen LogP contribution in [-0.4, -0.2) is 24.9 Å². The van der Waals surface area contributed by atoms with Crippen LogP contribution in [0, 0.1) is 16.7 Å². The maximum absolute atomic E-state index is 13.2. The van der Waals surface area contributed by atoms with Gasteiger partial charge in [-0.1, -0.05) is 26.0 Å². The van der Waals surface area contributed by atoms with Crippen LogP contribution in [0.15, 0.2) is 35.6 Å². The van der Waals surface area contributed by atoms with E-state index in [0.717, 1.165) is 11.3 Å². The van der Waals surface area contributed by atoms with Crippen molar-refractivity contribution in [1.82, 2.24) is 4.98 Å². The van der Waals surface area contributed by atoms with E-state index in [2.05, 4.69) is 4.98 Å². The first-order valence-corrected chi connectivity index (χ1v) is 9.83. The molecular weight excluding hydrogens is 378 g/mol. The van der Waals surface area contributed by atoms with E-state index >= 15 is 0 Å². The number of nitrogen functional groups attached to an aromatic ring is 2. The average molecular weight is 403 g/mol. The zero-order valence-electron chi connectivity index (χ0n) is 17.6. The molecule has 4 rings (SSSR count). The molecule has 0 unspecified atom stereocenters. The second-order valence-electron chi connectivity index (χ2n) is 8.92. The van der Waals surface area contributed by atoms with E-state index in [-0.39, 0.29) is 34.1 Å². The number of anilines is 3. The second-order valence-corrected chi connectivity index (χ2v) is 8.92. The van der Waals surface area contributed by atoms with Crippen LogP contribution in [0.3, 0.4) is 0 Å². The molecule has 0 saturated heterocycles. The highest BCUT2D eigenvalue weighted by atomic mass is 16.5. The molecule has 7 heteroatoms. The van der Waals surface area contributed by atoms with E-state index in [1.54, 1.807) is 0 Å². The number of carbonyl (C=O) groups excluding carboxylic acids is 1. The maximum atomic E-state index is 13.2. The van der Waals surface area contributed by atoms with Crippen LogP contribution in [0.4, 0.5) is 17.2 Å². The molecule has 2 aromatic rings. The van der Waals surface area contributed by atoms with Gasteiger partial charge >= 0.3 is 0 Å². The van der Waals surface area contributed by atoms with Gasteiger partial charge in [-0.3, -0.25) is 4.79 Å². The first kappa shape index (κ1) is 19.8. The number of fused-ring (bicyclic) bond motifs is 1. The Balaban J connectivity index is 1.98. The predicted molar refractivity (Wildman–Crippen MR) is 116 cm³/mol. The van der Waals surface area contributed by atoms with Crippen LogP contribution in [0.5, 0.6) is 5.88 Å². The number of hydrogen-bond acceptors (Lipinski definition) is 7. The summed E-state index contributed by atoms with van der Waals surface area (Å²) in [7, 11) is 3.94. The summed E-state index contributed by atoms with van der Waals surface area (Å²) in [5, 5.41) is 9.53. The third-order valence-corrected chi connectivity index (χ3v) is 5.80. The predicted octanol–water partition coefficient (Wildman–Crippen LogP) is 3.35. The van der Waals surface area contributed by atoms with E-state index in [0.29, 0.717) is 29.7 Å². The van der Waals surface area contributed by atoms with E-state index in [9.17, 15) is 10.1 Å². The zero-order chi connectivity index (χ0) is 21.8. The number of ether oxygens (including phenoxy) is 1. The van der Waals surface area contributed by atoms with Gasteiger partial charge in [0.05, 0.1) is 11.3 Å². The summed E-state index contributed by atoms with van der Waals surface area (Å²) in [5.74, 6) is 0.490. The van der Waals surface area contributed by atoms with Crippen LogP contribution >= 0.6 is 0 Å². The van der Waals surface area contributed by atoms with Crippen molar-refractivity contribution in [2.45, 2.75) is 32.6 Å². The Morgan fingerprint density at radius 2 is 1.87 bits per heavy atom. The molecule has 2 aliphatic rings. The molecule has 0 spiro atoms. The molecule has 1 aromatic heterocycles. The number of ketones is 1. The van der Waals surface area contributed by atoms with Gasteiger partial charge in [-0.05, 0) is 23.1 Å². The Labute approximate surface area is 175 Å². The number of benzene rings is 1. The Morgan fingerprint density at radius 3 is 2.47 bits per heavy atom. The number of rotatable bonds is 2. The number of pyridine rings is 1. The lowest BCUT2D eigenvalue weighted by Gasteiger charge is -2.38. The number of hydrogen-bond donors (Lipinski definition) is 2. The third kappa shape index (κ3) is 3.05. The maximum Gasteiger partial charge on any atom is 0.227 e. The van der Waals surface area contributed by atoms with E-state index < -0.39 is 5.92 Å². The topological polar surface area (TPSA) is 118 Å². The summed E-state index contributed by atoms with van der Waals surface area (Å²) in [5.41, 5.74) is 15.5. The first-order valence-electron chi connectivity index (χ1n) is 9.83. The van der Waals surface area contributed by atoms with Crippen LogP contribution in [0.25, 0.3) is 0 Å². The quantitative estimate of drug-likeness (QED) is 0.789. The molecule has 0 bridgehead atoms. The summed E-state index contributed by atoms with van der Waals surface area (Å²) >= 11 is 0. The van der Waals surface area contributed by atoms with Crippen LogP contribution in [0.2, 0.25) is 0 Å². The van der Waals surface area contributed by atoms with Gasteiger partial charge in [0.15, 0.2) is 5.78 Å². The summed E-state index contributed by atoms with van der Waals surface area (Å²) < 4.78 is 6.09. The molecule has 0 radical (unpaired) electrons. The molecule has 1 aromatic carbocycles. The van der Waals surface area contributed by atoms with Gasteiger partial charge < -0.3 is 21.1 Å². The first-order chi connectivity index (χ1) is 14.1. The molecule has 30 heavy (non-hydrogen) atoms. The minimum atomic E-state index is -0.455. The van der Waals surface area contributed by atoms with E-state index in [1.165, 1.54) is 0 Å². The molecule has 0 fully saturated rings. The molecular formula is C23H25N5O2. The minimum Gasteiger partial charge on any atom is -0.442 e. The lowest BCUT2D eigenvalue weighted by molar-refractivity contribution is -0.118. The fourth-order valence-electron chi connectivity index (χ4n) is 4.34. The largest absolute Gasteiger partial charge is 0.442 e. The number of aromatic nitrogens is 1. The summed E-state index contributed by atoms with van der Waals surface area (Å²) in [6.07, 6.45) is 1.03. The molecule has 0 amide bonds. The number of nitriles is 1. The minimum absolute atomic E-state index is 0.0286. The summed E-state index contributed by atoms with van der Waals surface area (Å²) in [6, 6.07) is 9.98. The van der Waals surface area contributed by atoms with E-state index in [4.69, 9.17) is 16.2 Å². The van der Waals surface area contributed by atoms with Gasteiger partial charge in [-0.25, -0.2) is 0 Å². The fraction of sp³-hybridized carbons (Fsp3) is 0.348. The summed E-state index contributed by atoms with van der Waals surface area (Å²) in [6.45, 7) is 4.09. The Bertz CT molecular complexity index is 1120. The SMILES string of the molecule is CN(C)c1ccc([C@H]2C3=C(CC(C)(C)CC3=O)Oc3nc(N)c(C#N)c(N)c32)cc1. The standard InChI is InChI=1S/C23H25N5O2/c1-23(2)9-15(29)18-16(10-23)30-22-19(20(25)14(11-24)21(26)27-22)17(18)12-5-7-13(8-6-12)28(3)4/h5-8,17H,9-10H2,1-4H3,(H4,25,26,27)/t17-/m0/s1. The highest BCUT2D eigenvalue weighted by Gasteiger charge is 2.44. The Morgan fingerprint density at radius 1 is 1.20 bits per heavy atom. The van der Waals surface area contributed by atoms with Gasteiger partial charge in [-0.2, -0.15) is 10.2 Å². The molecule has 1 atom stereocenters. The van der Waals surface area contributed by atoms with Gasteiger partial charge in [0, 0.05) is 44.1 Å². The third-order valence-electron chi connectivity index (χ3n) is 5.80. The Hall–Kier alpha value is -3.53. The van der Waals surface area contributed by atoms with E-state index in [1.807, 2.05) is 63.2 Å². The molecule has 7 nitrogen and oxygen atoms in total. The highest BCUT2D eigenvalue weighted by molar-refractivity contribution is 6.00. The molecule has 1 aliphatic carbocycles. The van der Waals surface area contributed by atoms with Crippen LogP contribution < -0.4 is 21.1 Å². The number of Topliss-reactive ketones (excluding diaryl/α,β-unsaturated/α-hetero) is 1. The van der Waals surface area contributed by atoms with Crippen molar-refractivity contribution >= 4 is 23.0 Å². The van der Waals surface area contributed by atoms with Gasteiger partial charge in [0.1, 0.15) is 23.2 Å².